The summed E-state index contributed by atoms with van der Waals surface area (Å²) < 4.78 is 32.0. The molecule has 1 atom stereocenters. The molecule has 10 heteroatoms. The topological polar surface area (TPSA) is 124 Å². The molecule has 4 aromatic rings. The van der Waals surface area contributed by atoms with E-state index in [-0.39, 0.29) is 50.1 Å². The van der Waals surface area contributed by atoms with Gasteiger partial charge in [-0.2, -0.15) is 0 Å². The lowest BCUT2D eigenvalue weighted by Gasteiger charge is -2.10. The molecule has 0 saturated carbocycles. The SMILES string of the molecule is C=CC(=O)OCCOCCOCCOC(=O)c1ccc(C(=O)Oc2ccc3c(c2)C(C)c2cc(OC(=O)c4ccc(C)cc4)ccc2-3)cc1. The Kier molecular flexibility index (Phi) is 11.7. The highest BCUT2D eigenvalue weighted by Gasteiger charge is 2.27. The number of hydrogen-bond acceptors (Lipinski definition) is 10. The summed E-state index contributed by atoms with van der Waals surface area (Å²) in [6.45, 7) is 8.47. The number of esters is 4. The predicted octanol–water partition coefficient (Wildman–Crippen LogP) is 6.48. The molecule has 0 fully saturated rings. The number of rotatable bonds is 15. The Bertz CT molecular complexity index is 1830. The molecule has 0 amide bonds. The smallest absolute Gasteiger partial charge is 0.343 e. The molecule has 1 aliphatic carbocycles. The van der Waals surface area contributed by atoms with Gasteiger partial charge in [-0.1, -0.05) is 43.3 Å². The number of fused-ring (bicyclic) bond motifs is 3. The van der Waals surface area contributed by atoms with Crippen LogP contribution in [-0.4, -0.2) is 63.5 Å². The highest BCUT2D eigenvalue weighted by molar-refractivity contribution is 5.94. The van der Waals surface area contributed by atoms with Crippen LogP contribution in [0.25, 0.3) is 11.1 Å². The minimum atomic E-state index is -0.567. The van der Waals surface area contributed by atoms with Crippen molar-refractivity contribution in [1.82, 2.24) is 0 Å². The van der Waals surface area contributed by atoms with Crippen LogP contribution in [0.4, 0.5) is 0 Å². The van der Waals surface area contributed by atoms with Gasteiger partial charge in [-0.05, 0) is 89.8 Å². The van der Waals surface area contributed by atoms with Crippen LogP contribution in [-0.2, 0) is 23.7 Å². The summed E-state index contributed by atoms with van der Waals surface area (Å²) in [6, 6.07) is 24.3. The Labute approximate surface area is 284 Å². The van der Waals surface area contributed by atoms with Gasteiger partial charge in [0.25, 0.3) is 0 Å². The third-order valence-corrected chi connectivity index (χ3v) is 7.81. The standard InChI is InChI=1S/C39H36O10/c1-4-36(40)46-21-19-44-17-18-45-20-22-47-37(41)27-9-11-29(12-10-27)39(43)49-31-14-16-33-32-15-13-30(23-34(32)26(3)35(33)24-31)48-38(42)28-7-5-25(2)6-8-28/h4-16,23-24,26H,1,17-22H2,2-3H3. The summed E-state index contributed by atoms with van der Waals surface area (Å²) in [5.41, 5.74) is 6.14. The first-order chi connectivity index (χ1) is 23.7. The number of carbonyl (C=O) groups excluding carboxylic acids is 4. The van der Waals surface area contributed by atoms with Crippen molar-refractivity contribution in [2.24, 2.45) is 0 Å². The van der Waals surface area contributed by atoms with Crippen molar-refractivity contribution in [1.29, 1.82) is 0 Å². The molecule has 0 bridgehead atoms. The minimum absolute atomic E-state index is 0.0220. The first-order valence-electron chi connectivity index (χ1n) is 15.7. The van der Waals surface area contributed by atoms with Crippen LogP contribution in [0.3, 0.4) is 0 Å². The monoisotopic (exact) mass is 664 g/mol. The van der Waals surface area contributed by atoms with Crippen LogP contribution < -0.4 is 9.47 Å². The maximum atomic E-state index is 12.9. The third-order valence-electron chi connectivity index (χ3n) is 7.81. The van der Waals surface area contributed by atoms with Crippen molar-refractivity contribution in [3.63, 3.8) is 0 Å². The molecule has 0 spiro atoms. The van der Waals surface area contributed by atoms with Crippen LogP contribution in [0.2, 0.25) is 0 Å². The fourth-order valence-corrected chi connectivity index (χ4v) is 5.21. The Morgan fingerprint density at radius 2 is 1.02 bits per heavy atom. The largest absolute Gasteiger partial charge is 0.460 e. The van der Waals surface area contributed by atoms with E-state index in [2.05, 4.69) is 13.5 Å². The van der Waals surface area contributed by atoms with E-state index >= 15 is 0 Å². The van der Waals surface area contributed by atoms with Crippen molar-refractivity contribution < 1.29 is 47.6 Å². The maximum absolute atomic E-state index is 12.9. The highest BCUT2D eigenvalue weighted by atomic mass is 16.6. The molecule has 0 radical (unpaired) electrons. The van der Waals surface area contributed by atoms with E-state index in [1.807, 2.05) is 43.3 Å². The summed E-state index contributed by atoms with van der Waals surface area (Å²) in [5.74, 6) is -1.22. The second kappa shape index (κ2) is 16.5. The molecule has 1 aliphatic rings. The number of aryl methyl sites for hydroxylation is 1. The number of carbonyl (C=O) groups is 4. The first kappa shape index (κ1) is 34.7. The van der Waals surface area contributed by atoms with Gasteiger partial charge in [-0.25, -0.2) is 19.2 Å². The Balaban J connectivity index is 1.08. The lowest BCUT2D eigenvalue weighted by molar-refractivity contribution is -0.139. The van der Waals surface area contributed by atoms with E-state index in [4.69, 9.17) is 28.4 Å². The molecule has 1 unspecified atom stereocenters. The molecule has 0 heterocycles. The summed E-state index contributed by atoms with van der Waals surface area (Å²) >= 11 is 0. The van der Waals surface area contributed by atoms with E-state index in [0.717, 1.165) is 33.9 Å². The molecule has 4 aromatic carbocycles. The maximum Gasteiger partial charge on any atom is 0.343 e. The molecular formula is C39H36O10. The van der Waals surface area contributed by atoms with Crippen molar-refractivity contribution in [3.05, 3.63) is 131 Å². The average Bonchev–Trinajstić information content (AvgIpc) is 3.39. The number of ether oxygens (including phenoxy) is 6. The van der Waals surface area contributed by atoms with Crippen molar-refractivity contribution in [2.75, 3.05) is 39.6 Å². The third kappa shape index (κ3) is 9.07. The highest BCUT2D eigenvalue weighted by Crippen LogP contribution is 2.47. The van der Waals surface area contributed by atoms with Crippen LogP contribution in [0.5, 0.6) is 11.5 Å². The Morgan fingerprint density at radius 1 is 0.592 bits per heavy atom. The Morgan fingerprint density at radius 3 is 1.51 bits per heavy atom. The second-order valence-corrected chi connectivity index (χ2v) is 11.2. The summed E-state index contributed by atoms with van der Waals surface area (Å²) in [4.78, 5) is 48.9. The molecule has 0 aliphatic heterocycles. The van der Waals surface area contributed by atoms with Crippen LogP contribution in [0.1, 0.15) is 60.6 Å². The van der Waals surface area contributed by atoms with Crippen LogP contribution in [0.15, 0.2) is 97.6 Å². The zero-order valence-electron chi connectivity index (χ0n) is 27.3. The fourth-order valence-electron chi connectivity index (χ4n) is 5.21. The van der Waals surface area contributed by atoms with Gasteiger partial charge >= 0.3 is 23.9 Å². The summed E-state index contributed by atoms with van der Waals surface area (Å²) in [7, 11) is 0. The quantitative estimate of drug-likeness (QED) is 0.0603. The van der Waals surface area contributed by atoms with E-state index in [1.54, 1.807) is 24.3 Å². The Hall–Kier alpha value is -5.58. The fraction of sp³-hybridized carbons (Fsp3) is 0.231. The lowest BCUT2D eigenvalue weighted by atomic mass is 9.99. The van der Waals surface area contributed by atoms with E-state index in [1.165, 1.54) is 24.3 Å². The molecule has 49 heavy (non-hydrogen) atoms. The molecule has 0 saturated heterocycles. The number of hydrogen-bond donors (Lipinski definition) is 0. The average molecular weight is 665 g/mol. The van der Waals surface area contributed by atoms with Gasteiger partial charge in [0, 0.05) is 12.0 Å². The van der Waals surface area contributed by atoms with Gasteiger partial charge in [0.2, 0.25) is 0 Å². The summed E-state index contributed by atoms with van der Waals surface area (Å²) in [5, 5.41) is 0. The summed E-state index contributed by atoms with van der Waals surface area (Å²) in [6.07, 6.45) is 1.08. The number of benzene rings is 4. The molecule has 5 rings (SSSR count). The molecular weight excluding hydrogens is 628 g/mol. The van der Waals surface area contributed by atoms with Crippen molar-refractivity contribution >= 4 is 23.9 Å². The van der Waals surface area contributed by atoms with Gasteiger partial charge in [0.05, 0.1) is 43.1 Å². The normalized spacial score (nSPS) is 12.7. The van der Waals surface area contributed by atoms with E-state index < -0.39 is 23.9 Å². The van der Waals surface area contributed by atoms with Gasteiger partial charge in [0.1, 0.15) is 24.7 Å². The van der Waals surface area contributed by atoms with Gasteiger partial charge in [0.15, 0.2) is 0 Å². The second-order valence-electron chi connectivity index (χ2n) is 11.2. The van der Waals surface area contributed by atoms with Gasteiger partial charge in [-0.3, -0.25) is 0 Å². The van der Waals surface area contributed by atoms with Crippen LogP contribution in [0, 0.1) is 6.92 Å². The zero-order valence-corrected chi connectivity index (χ0v) is 27.3. The molecule has 10 nitrogen and oxygen atoms in total. The van der Waals surface area contributed by atoms with Gasteiger partial charge in [-0.15, -0.1) is 0 Å². The predicted molar refractivity (Wildman–Crippen MR) is 180 cm³/mol. The van der Waals surface area contributed by atoms with Crippen molar-refractivity contribution in [3.8, 4) is 22.6 Å². The van der Waals surface area contributed by atoms with Gasteiger partial charge < -0.3 is 28.4 Å². The van der Waals surface area contributed by atoms with E-state index in [0.29, 0.717) is 23.7 Å². The zero-order chi connectivity index (χ0) is 34.8. The molecule has 0 N–H and O–H groups in total. The van der Waals surface area contributed by atoms with Crippen LogP contribution >= 0.6 is 0 Å². The first-order valence-corrected chi connectivity index (χ1v) is 15.7. The molecule has 252 valence electrons. The van der Waals surface area contributed by atoms with E-state index in [9.17, 15) is 19.2 Å². The minimum Gasteiger partial charge on any atom is -0.460 e. The lowest BCUT2D eigenvalue weighted by Crippen LogP contribution is -2.15. The van der Waals surface area contributed by atoms with Crippen molar-refractivity contribution in [2.45, 2.75) is 19.8 Å². The molecule has 0 aromatic heterocycles.